The number of nitrogens with zero attached hydrogens (tertiary/aromatic N) is 1. The lowest BCUT2D eigenvalue weighted by Crippen LogP contribution is -2.22. The highest BCUT2D eigenvalue weighted by molar-refractivity contribution is 7.89. The monoisotopic (exact) mass is 300 g/mol. The fraction of sp³-hybridized carbons (Fsp3) is 0.571. The van der Waals surface area contributed by atoms with Crippen molar-refractivity contribution < 1.29 is 13.5 Å². The van der Waals surface area contributed by atoms with Crippen LogP contribution >= 0.6 is 0 Å². The fourth-order valence-corrected chi connectivity index (χ4v) is 2.75. The van der Waals surface area contributed by atoms with Crippen molar-refractivity contribution in [3.8, 4) is 0 Å². The summed E-state index contributed by atoms with van der Waals surface area (Å²) in [5.41, 5.74) is 0.888. The molecule has 0 fully saturated rings. The highest BCUT2D eigenvalue weighted by atomic mass is 32.2. The number of hydrogen-bond donors (Lipinski definition) is 2. The first-order chi connectivity index (χ1) is 9.41. The summed E-state index contributed by atoms with van der Waals surface area (Å²) in [4.78, 5) is 0.287. The minimum Gasteiger partial charge on any atom is -0.396 e. The van der Waals surface area contributed by atoms with E-state index in [0.29, 0.717) is 5.92 Å². The molecule has 0 saturated heterocycles. The molecule has 1 atom stereocenters. The van der Waals surface area contributed by atoms with Gasteiger partial charge < -0.3 is 10.4 Å². The molecule has 2 N–H and O–H groups in total. The van der Waals surface area contributed by atoms with Gasteiger partial charge in [-0.1, -0.05) is 13.3 Å². The number of benzene rings is 1. The Kier molecular flexibility index (Phi) is 6.45. The summed E-state index contributed by atoms with van der Waals surface area (Å²) < 4.78 is 25.0. The molecule has 0 spiro atoms. The molecule has 0 radical (unpaired) electrons. The summed E-state index contributed by atoms with van der Waals surface area (Å²) >= 11 is 0. The molecule has 1 unspecified atom stereocenters. The minimum absolute atomic E-state index is 0.195. The van der Waals surface area contributed by atoms with E-state index in [1.807, 2.05) is 0 Å². The Bertz CT molecular complexity index is 498. The van der Waals surface area contributed by atoms with Crippen molar-refractivity contribution in [1.29, 1.82) is 0 Å². The van der Waals surface area contributed by atoms with Crippen molar-refractivity contribution in [1.82, 2.24) is 4.31 Å². The maximum atomic E-state index is 11.9. The Morgan fingerprint density at radius 2 is 1.85 bits per heavy atom. The molecular weight excluding hydrogens is 276 g/mol. The van der Waals surface area contributed by atoms with E-state index in [2.05, 4.69) is 12.2 Å². The van der Waals surface area contributed by atoms with Crippen molar-refractivity contribution in [2.75, 3.05) is 32.6 Å². The molecule has 0 bridgehead atoms. The molecule has 0 amide bonds. The van der Waals surface area contributed by atoms with Gasteiger partial charge in [0.25, 0.3) is 0 Å². The van der Waals surface area contributed by atoms with Gasteiger partial charge in [-0.15, -0.1) is 0 Å². The van der Waals surface area contributed by atoms with Crippen molar-refractivity contribution in [2.45, 2.75) is 24.7 Å². The quantitative estimate of drug-likeness (QED) is 0.767. The van der Waals surface area contributed by atoms with Gasteiger partial charge in [0.05, 0.1) is 4.90 Å². The predicted molar refractivity (Wildman–Crippen MR) is 81.3 cm³/mol. The minimum atomic E-state index is -3.37. The first-order valence-electron chi connectivity index (χ1n) is 6.79. The van der Waals surface area contributed by atoms with Crippen LogP contribution in [0.3, 0.4) is 0 Å². The van der Waals surface area contributed by atoms with E-state index < -0.39 is 10.0 Å². The third kappa shape index (κ3) is 4.47. The van der Waals surface area contributed by atoms with Crippen LogP contribution in [0.25, 0.3) is 0 Å². The van der Waals surface area contributed by atoms with Gasteiger partial charge in [0.2, 0.25) is 10.0 Å². The SMILES string of the molecule is CCC(CCO)CNc1ccc(S(=O)(=O)N(C)C)cc1. The van der Waals surface area contributed by atoms with Crippen LogP contribution in [0, 0.1) is 5.92 Å². The molecule has 6 heteroatoms. The number of aliphatic hydroxyl groups excluding tert-OH is 1. The molecular formula is C14H24N2O3S. The molecule has 0 saturated carbocycles. The topological polar surface area (TPSA) is 69.6 Å². The Balaban J connectivity index is 2.68. The van der Waals surface area contributed by atoms with Gasteiger partial charge in [-0.05, 0) is 36.6 Å². The molecule has 0 aliphatic carbocycles. The van der Waals surface area contributed by atoms with Gasteiger partial charge in [-0.3, -0.25) is 0 Å². The predicted octanol–water partition coefficient (Wildman–Crippen LogP) is 1.76. The van der Waals surface area contributed by atoms with Crippen LogP contribution in [0.4, 0.5) is 5.69 Å². The van der Waals surface area contributed by atoms with Crippen LogP contribution in [0.2, 0.25) is 0 Å². The summed E-state index contributed by atoms with van der Waals surface area (Å²) in [6, 6.07) is 6.74. The lowest BCUT2D eigenvalue weighted by atomic mass is 10.0. The maximum Gasteiger partial charge on any atom is 0.242 e. The number of rotatable bonds is 8. The Morgan fingerprint density at radius 3 is 2.30 bits per heavy atom. The van der Waals surface area contributed by atoms with Gasteiger partial charge in [0.1, 0.15) is 0 Å². The number of anilines is 1. The largest absolute Gasteiger partial charge is 0.396 e. The summed E-state index contributed by atoms with van der Waals surface area (Å²) in [5.74, 6) is 0.421. The molecule has 1 aromatic carbocycles. The number of sulfonamides is 1. The Morgan fingerprint density at radius 1 is 1.25 bits per heavy atom. The second-order valence-corrected chi connectivity index (χ2v) is 7.13. The molecule has 1 aromatic rings. The first-order valence-corrected chi connectivity index (χ1v) is 8.23. The van der Waals surface area contributed by atoms with Crippen LogP contribution in [0.15, 0.2) is 29.2 Å². The molecule has 0 aromatic heterocycles. The third-order valence-corrected chi connectivity index (χ3v) is 5.17. The van der Waals surface area contributed by atoms with E-state index in [1.165, 1.54) is 18.4 Å². The highest BCUT2D eigenvalue weighted by Crippen LogP contribution is 2.17. The van der Waals surface area contributed by atoms with Crippen LogP contribution in [-0.4, -0.2) is 45.1 Å². The van der Waals surface area contributed by atoms with Crippen LogP contribution in [-0.2, 0) is 10.0 Å². The third-order valence-electron chi connectivity index (χ3n) is 3.34. The van der Waals surface area contributed by atoms with Gasteiger partial charge in [-0.25, -0.2) is 12.7 Å². The molecule has 114 valence electrons. The van der Waals surface area contributed by atoms with Gasteiger partial charge in [0, 0.05) is 32.9 Å². The highest BCUT2D eigenvalue weighted by Gasteiger charge is 2.16. The van der Waals surface area contributed by atoms with Crippen molar-refractivity contribution in [3.63, 3.8) is 0 Å². The summed E-state index contributed by atoms with van der Waals surface area (Å²) in [5, 5.41) is 12.2. The van der Waals surface area contributed by atoms with Gasteiger partial charge >= 0.3 is 0 Å². The van der Waals surface area contributed by atoms with Crippen LogP contribution < -0.4 is 5.32 Å². The first kappa shape index (κ1) is 16.9. The van der Waals surface area contributed by atoms with Crippen LogP contribution in [0.5, 0.6) is 0 Å². The van der Waals surface area contributed by atoms with E-state index in [4.69, 9.17) is 5.11 Å². The number of hydrogen-bond acceptors (Lipinski definition) is 4. The Labute approximate surface area is 121 Å². The molecule has 20 heavy (non-hydrogen) atoms. The van der Waals surface area contributed by atoms with E-state index in [-0.39, 0.29) is 11.5 Å². The van der Waals surface area contributed by atoms with E-state index in [1.54, 1.807) is 24.3 Å². The smallest absolute Gasteiger partial charge is 0.242 e. The summed E-state index contributed by atoms with van der Waals surface area (Å²) in [6.45, 7) is 3.06. The zero-order chi connectivity index (χ0) is 15.2. The van der Waals surface area contributed by atoms with Crippen molar-refractivity contribution in [2.24, 2.45) is 5.92 Å². The van der Waals surface area contributed by atoms with Crippen molar-refractivity contribution >= 4 is 15.7 Å². The van der Waals surface area contributed by atoms with Gasteiger partial charge in [-0.2, -0.15) is 0 Å². The molecule has 5 nitrogen and oxygen atoms in total. The van der Waals surface area contributed by atoms with E-state index >= 15 is 0 Å². The zero-order valence-corrected chi connectivity index (χ0v) is 13.2. The second-order valence-electron chi connectivity index (χ2n) is 4.98. The van der Waals surface area contributed by atoms with Gasteiger partial charge in [0.15, 0.2) is 0 Å². The fourth-order valence-electron chi connectivity index (χ4n) is 1.85. The molecule has 0 heterocycles. The number of nitrogens with one attached hydrogen (secondary N) is 1. The average molecular weight is 300 g/mol. The summed E-state index contributed by atoms with van der Waals surface area (Å²) in [7, 11) is -0.334. The van der Waals surface area contributed by atoms with E-state index in [9.17, 15) is 8.42 Å². The molecule has 0 aliphatic rings. The van der Waals surface area contributed by atoms with Crippen molar-refractivity contribution in [3.05, 3.63) is 24.3 Å². The molecule has 0 aliphatic heterocycles. The zero-order valence-electron chi connectivity index (χ0n) is 12.3. The maximum absolute atomic E-state index is 11.9. The lowest BCUT2D eigenvalue weighted by molar-refractivity contribution is 0.258. The lowest BCUT2D eigenvalue weighted by Gasteiger charge is -2.16. The number of aliphatic hydroxyl groups is 1. The second kappa shape index (κ2) is 7.61. The van der Waals surface area contributed by atoms with Crippen LogP contribution in [0.1, 0.15) is 19.8 Å². The summed E-state index contributed by atoms with van der Waals surface area (Å²) in [6.07, 6.45) is 1.78. The standard InChI is InChI=1S/C14H24N2O3S/c1-4-12(9-10-17)11-15-13-5-7-14(8-6-13)20(18,19)16(2)3/h5-8,12,15,17H,4,9-11H2,1-3H3. The molecule has 1 rings (SSSR count). The average Bonchev–Trinajstić information content (AvgIpc) is 2.43. The Hall–Kier alpha value is -1.11. The normalized spacial score (nSPS) is 13.4. The van der Waals surface area contributed by atoms with E-state index in [0.717, 1.165) is 25.1 Å².